The average molecular weight is 619 g/mol. The van der Waals surface area contributed by atoms with Gasteiger partial charge in [-0.15, -0.1) is 5.10 Å². The molecule has 0 atom stereocenters. The molecule has 3 N–H and O–H groups in total. The number of halogens is 1. The van der Waals surface area contributed by atoms with Crippen molar-refractivity contribution in [1.29, 1.82) is 0 Å². The lowest BCUT2D eigenvalue weighted by molar-refractivity contribution is -0.116. The molecule has 9 heteroatoms. The molecule has 4 aromatic rings. The quantitative estimate of drug-likeness (QED) is 0.109. The largest absolute Gasteiger partial charge is 0.326 e. The fourth-order valence-electron chi connectivity index (χ4n) is 5.24. The van der Waals surface area contributed by atoms with Crippen molar-refractivity contribution in [1.82, 2.24) is 19.8 Å². The maximum Gasteiger partial charge on any atom is 0.255 e. The van der Waals surface area contributed by atoms with Gasteiger partial charge in [0.2, 0.25) is 5.91 Å². The molecule has 0 aliphatic carbocycles. The fraction of sp³-hybridized carbons (Fsp3) is 0.486. The molecule has 0 unspecified atom stereocenters. The topological polar surface area (TPSA) is 104 Å². The summed E-state index contributed by atoms with van der Waals surface area (Å²) in [6, 6.07) is 14.3. The van der Waals surface area contributed by atoms with E-state index in [1.807, 2.05) is 24.3 Å². The van der Waals surface area contributed by atoms with Crippen molar-refractivity contribution >= 4 is 40.4 Å². The Morgan fingerprint density at radius 2 is 1.48 bits per heavy atom. The summed E-state index contributed by atoms with van der Waals surface area (Å²) in [5, 5.41) is 14.2. The van der Waals surface area contributed by atoms with E-state index in [1.165, 1.54) is 57.8 Å². The summed E-state index contributed by atoms with van der Waals surface area (Å²) in [5.74, 6) is 0.266. The second-order valence-electron chi connectivity index (χ2n) is 12.7. The Labute approximate surface area is 266 Å². The molecular weight excluding hydrogens is 572 g/mol. The van der Waals surface area contributed by atoms with Crippen molar-refractivity contribution < 1.29 is 9.59 Å². The molecule has 2 amide bonds. The zero-order valence-electron chi connectivity index (χ0n) is 26.6. The number of unbranched alkanes of at least 4 members (excludes halogenated alkanes) is 10. The standard InChI is InChI=1S/C35H47ClN6O2/c1-5-6-7-8-9-10-11-12-13-14-15-19-29(43)37-27-22-20-25(21-23-27)34(44)38-28-18-16-17-26(24-28)32-39-33-30(36)31(35(2,3)4)40-42(33)41-32/h16-18,20-24,40H,5-15,19H2,1-4H3,(H,37,43)(H,38,44). The molecule has 0 saturated carbocycles. The minimum absolute atomic E-state index is 0.00965. The van der Waals surface area contributed by atoms with Crippen molar-refractivity contribution in [3.05, 3.63) is 64.8 Å². The van der Waals surface area contributed by atoms with E-state index < -0.39 is 0 Å². The molecule has 2 aromatic carbocycles. The maximum atomic E-state index is 12.9. The molecule has 4 rings (SSSR count). The van der Waals surface area contributed by atoms with Gasteiger partial charge in [-0.1, -0.05) is 116 Å². The smallest absolute Gasteiger partial charge is 0.255 e. The SMILES string of the molecule is CCCCCCCCCCCCCC(=O)Nc1ccc(C(=O)Nc2cccc(-c3nc4c(Cl)c(C(C)(C)C)[nH]n4n3)c2)cc1. The first kappa shape index (κ1) is 33.2. The highest BCUT2D eigenvalue weighted by molar-refractivity contribution is 6.34. The maximum absolute atomic E-state index is 12.9. The van der Waals surface area contributed by atoms with Crippen molar-refractivity contribution in [2.45, 2.75) is 110 Å². The molecule has 44 heavy (non-hydrogen) atoms. The third-order valence-corrected chi connectivity index (χ3v) is 8.17. The Hall–Kier alpha value is -3.65. The van der Waals surface area contributed by atoms with E-state index in [4.69, 9.17) is 11.6 Å². The van der Waals surface area contributed by atoms with Gasteiger partial charge in [-0.3, -0.25) is 14.7 Å². The van der Waals surface area contributed by atoms with E-state index in [2.05, 4.69) is 53.5 Å². The summed E-state index contributed by atoms with van der Waals surface area (Å²) in [6.07, 6.45) is 14.3. The average Bonchev–Trinajstić information content (AvgIpc) is 3.56. The van der Waals surface area contributed by atoms with Gasteiger partial charge in [0.25, 0.3) is 5.91 Å². The van der Waals surface area contributed by atoms with E-state index in [-0.39, 0.29) is 17.2 Å². The van der Waals surface area contributed by atoms with E-state index in [1.54, 1.807) is 28.9 Å². The molecule has 8 nitrogen and oxygen atoms in total. The number of aromatic nitrogens is 4. The summed E-state index contributed by atoms with van der Waals surface area (Å²) in [6.45, 7) is 8.46. The fourth-order valence-corrected chi connectivity index (χ4v) is 5.68. The van der Waals surface area contributed by atoms with Crippen molar-refractivity contribution in [3.8, 4) is 11.4 Å². The van der Waals surface area contributed by atoms with E-state index in [0.29, 0.717) is 39.9 Å². The van der Waals surface area contributed by atoms with Crippen molar-refractivity contribution in [2.24, 2.45) is 0 Å². The minimum atomic E-state index is -0.247. The Bertz CT molecular complexity index is 1520. The number of H-pyrrole nitrogens is 1. The summed E-state index contributed by atoms with van der Waals surface area (Å²) in [5.41, 5.74) is 3.82. The number of anilines is 2. The van der Waals surface area contributed by atoms with Crippen molar-refractivity contribution in [3.63, 3.8) is 0 Å². The van der Waals surface area contributed by atoms with Crippen LogP contribution in [0.2, 0.25) is 5.02 Å². The van der Waals surface area contributed by atoms with Crippen LogP contribution in [0.5, 0.6) is 0 Å². The monoisotopic (exact) mass is 618 g/mol. The molecule has 0 fully saturated rings. The zero-order valence-corrected chi connectivity index (χ0v) is 27.4. The number of nitrogens with one attached hydrogen (secondary N) is 3. The lowest BCUT2D eigenvalue weighted by atomic mass is 9.92. The van der Waals surface area contributed by atoms with E-state index in [9.17, 15) is 9.59 Å². The number of carbonyl (C=O) groups excluding carboxylic acids is 2. The van der Waals surface area contributed by atoms with Gasteiger partial charge in [0.1, 0.15) is 5.02 Å². The minimum Gasteiger partial charge on any atom is -0.326 e. The van der Waals surface area contributed by atoms with Gasteiger partial charge in [0, 0.05) is 34.3 Å². The number of hydrogen-bond donors (Lipinski definition) is 3. The lowest BCUT2D eigenvalue weighted by Crippen LogP contribution is -2.13. The molecule has 0 radical (unpaired) electrons. The molecule has 0 saturated heterocycles. The first-order valence-corrected chi connectivity index (χ1v) is 16.5. The van der Waals surface area contributed by atoms with Gasteiger partial charge in [0.05, 0.1) is 5.69 Å². The number of hydrogen-bond acceptors (Lipinski definition) is 4. The first-order chi connectivity index (χ1) is 21.2. The van der Waals surface area contributed by atoms with Crippen LogP contribution in [0.4, 0.5) is 11.4 Å². The third-order valence-electron chi connectivity index (χ3n) is 7.81. The van der Waals surface area contributed by atoms with Gasteiger partial charge in [0.15, 0.2) is 11.5 Å². The van der Waals surface area contributed by atoms with Gasteiger partial charge >= 0.3 is 0 Å². The predicted molar refractivity (Wildman–Crippen MR) is 181 cm³/mol. The third kappa shape index (κ3) is 9.42. The van der Waals surface area contributed by atoms with Crippen LogP contribution >= 0.6 is 11.6 Å². The van der Waals surface area contributed by atoms with Crippen molar-refractivity contribution in [2.75, 3.05) is 10.6 Å². The molecule has 0 bridgehead atoms. The molecule has 0 aliphatic heterocycles. The molecule has 2 heterocycles. The number of nitrogens with zero attached hydrogens (tertiary/aromatic N) is 3. The Morgan fingerprint density at radius 3 is 2.09 bits per heavy atom. The van der Waals surface area contributed by atoms with Gasteiger partial charge < -0.3 is 10.6 Å². The number of carbonyl (C=O) groups is 2. The summed E-state index contributed by atoms with van der Waals surface area (Å²) < 4.78 is 1.59. The van der Waals surface area contributed by atoms with Gasteiger partial charge in [-0.2, -0.15) is 4.63 Å². The normalized spacial score (nSPS) is 11.7. The number of rotatable bonds is 16. The number of aromatic amines is 1. The number of fused-ring (bicyclic) bond motifs is 1. The van der Waals surface area contributed by atoms with Crippen LogP contribution in [0, 0.1) is 0 Å². The number of amides is 2. The molecule has 2 aromatic heterocycles. The van der Waals surface area contributed by atoms with Crippen LogP contribution in [0.1, 0.15) is 121 Å². The molecule has 0 aliphatic rings. The summed E-state index contributed by atoms with van der Waals surface area (Å²) in [7, 11) is 0. The Kier molecular flexibility index (Phi) is 12.0. The van der Waals surface area contributed by atoms with E-state index in [0.717, 1.165) is 24.1 Å². The van der Waals surface area contributed by atoms with Crippen LogP contribution in [0.3, 0.4) is 0 Å². The summed E-state index contributed by atoms with van der Waals surface area (Å²) >= 11 is 6.58. The first-order valence-electron chi connectivity index (χ1n) is 16.1. The Morgan fingerprint density at radius 1 is 0.841 bits per heavy atom. The highest BCUT2D eigenvalue weighted by atomic mass is 35.5. The zero-order chi connectivity index (χ0) is 31.5. The van der Waals surface area contributed by atoms with Gasteiger partial charge in [-0.05, 0) is 42.8 Å². The number of benzene rings is 2. The lowest BCUT2D eigenvalue weighted by Gasteiger charge is -2.16. The molecular formula is C35H47ClN6O2. The van der Waals surface area contributed by atoms with Crippen LogP contribution in [-0.2, 0) is 10.2 Å². The van der Waals surface area contributed by atoms with Gasteiger partial charge in [-0.25, -0.2) is 4.98 Å². The second kappa shape index (κ2) is 15.9. The van der Waals surface area contributed by atoms with Crippen LogP contribution in [0.15, 0.2) is 48.5 Å². The van der Waals surface area contributed by atoms with E-state index >= 15 is 0 Å². The van der Waals surface area contributed by atoms with Crippen LogP contribution < -0.4 is 10.6 Å². The highest BCUT2D eigenvalue weighted by Gasteiger charge is 2.24. The Balaban J connectivity index is 1.21. The predicted octanol–water partition coefficient (Wildman–Crippen LogP) is 9.57. The van der Waals surface area contributed by atoms with Crippen LogP contribution in [-0.4, -0.2) is 31.6 Å². The second-order valence-corrected chi connectivity index (χ2v) is 13.0. The molecule has 236 valence electrons. The molecule has 0 spiro atoms. The van der Waals surface area contributed by atoms with Crippen LogP contribution in [0.25, 0.3) is 17.0 Å². The highest BCUT2D eigenvalue weighted by Crippen LogP contribution is 2.32. The summed E-state index contributed by atoms with van der Waals surface area (Å²) in [4.78, 5) is 30.0.